The van der Waals surface area contributed by atoms with E-state index in [-0.39, 0.29) is 35.3 Å². The van der Waals surface area contributed by atoms with Gasteiger partial charge in [0.25, 0.3) is 0 Å². The molecule has 170 valence electrons. The van der Waals surface area contributed by atoms with E-state index in [0.717, 1.165) is 31.2 Å². The van der Waals surface area contributed by atoms with Crippen LogP contribution in [0.1, 0.15) is 31.2 Å². The van der Waals surface area contributed by atoms with Crippen molar-refractivity contribution in [1.29, 1.82) is 0 Å². The molecule has 0 spiro atoms. The molecular formula is C21H35IN4O4. The quantitative estimate of drug-likeness (QED) is 0.303. The molecule has 0 saturated heterocycles. The number of guanidine groups is 1. The molecule has 1 fully saturated rings. The van der Waals surface area contributed by atoms with E-state index in [9.17, 15) is 4.79 Å². The summed E-state index contributed by atoms with van der Waals surface area (Å²) in [6, 6.07) is 3.64. The maximum absolute atomic E-state index is 12.8. The molecule has 1 aromatic carbocycles. The summed E-state index contributed by atoms with van der Waals surface area (Å²) in [5.41, 5.74) is 0.495. The van der Waals surface area contributed by atoms with Crippen LogP contribution in [0.5, 0.6) is 17.2 Å². The Bertz CT molecular complexity index is 709. The molecule has 0 radical (unpaired) electrons. The number of amides is 1. The van der Waals surface area contributed by atoms with Crippen LogP contribution >= 0.6 is 24.0 Å². The number of halogens is 1. The average Bonchev–Trinajstić information content (AvgIpc) is 3.22. The molecule has 1 saturated carbocycles. The third-order valence-corrected chi connectivity index (χ3v) is 5.49. The fraction of sp³-hybridized carbons (Fsp3) is 0.619. The Balaban J connectivity index is 0.00000450. The van der Waals surface area contributed by atoms with Gasteiger partial charge in [-0.15, -0.1) is 24.0 Å². The average molecular weight is 534 g/mol. The first-order chi connectivity index (χ1) is 13.9. The molecule has 1 aromatic rings. The minimum atomic E-state index is -0.364. The van der Waals surface area contributed by atoms with Crippen LogP contribution in [0.25, 0.3) is 0 Å². The van der Waals surface area contributed by atoms with Gasteiger partial charge in [-0.3, -0.25) is 9.79 Å². The fourth-order valence-electron chi connectivity index (χ4n) is 3.89. The van der Waals surface area contributed by atoms with Crippen molar-refractivity contribution in [1.82, 2.24) is 15.5 Å². The van der Waals surface area contributed by atoms with Gasteiger partial charge in [-0.05, 0) is 12.8 Å². The first-order valence-corrected chi connectivity index (χ1v) is 9.86. The molecule has 9 heteroatoms. The number of benzene rings is 1. The molecule has 8 nitrogen and oxygen atoms in total. The lowest BCUT2D eigenvalue weighted by Crippen LogP contribution is -2.49. The van der Waals surface area contributed by atoms with Crippen molar-refractivity contribution < 1.29 is 19.0 Å². The van der Waals surface area contributed by atoms with Crippen LogP contribution < -0.4 is 24.8 Å². The summed E-state index contributed by atoms with van der Waals surface area (Å²) in [5, 5.41) is 6.64. The number of rotatable bonds is 8. The molecule has 0 atom stereocenters. The Morgan fingerprint density at radius 1 is 1.07 bits per heavy atom. The van der Waals surface area contributed by atoms with E-state index < -0.39 is 0 Å². The maximum atomic E-state index is 12.8. The largest absolute Gasteiger partial charge is 0.496 e. The Morgan fingerprint density at radius 2 is 1.63 bits per heavy atom. The Kier molecular flexibility index (Phi) is 10.5. The first-order valence-electron chi connectivity index (χ1n) is 9.86. The van der Waals surface area contributed by atoms with E-state index >= 15 is 0 Å². The number of methoxy groups -OCH3 is 3. The van der Waals surface area contributed by atoms with Gasteiger partial charge in [-0.2, -0.15) is 0 Å². The van der Waals surface area contributed by atoms with Crippen LogP contribution in [0.2, 0.25) is 0 Å². The van der Waals surface area contributed by atoms with Gasteiger partial charge in [0.05, 0.1) is 38.9 Å². The molecule has 2 N–H and O–H groups in total. The zero-order chi connectivity index (χ0) is 21.4. The van der Waals surface area contributed by atoms with E-state index in [4.69, 9.17) is 14.2 Å². The standard InChI is InChI=1S/C21H34N4O4.HI/c1-22-20(24-14-21(9-7-8-10-21)19(26)25(2)3)23-13-16-17(28-5)11-15(27-4)12-18(16)29-6;/h11-12H,7-10,13-14H2,1-6H3,(H2,22,23,24);1H. The number of aliphatic imine (C=N–C) groups is 1. The SMILES string of the molecule is CN=C(NCc1c(OC)cc(OC)cc1OC)NCC1(C(=O)N(C)C)CCCC1.I. The summed E-state index contributed by atoms with van der Waals surface area (Å²) in [6.07, 6.45) is 3.95. The smallest absolute Gasteiger partial charge is 0.230 e. The third kappa shape index (κ3) is 6.05. The second-order valence-corrected chi connectivity index (χ2v) is 7.48. The summed E-state index contributed by atoms with van der Waals surface area (Å²) >= 11 is 0. The normalized spacial score (nSPS) is 15.1. The highest BCUT2D eigenvalue weighted by molar-refractivity contribution is 14.0. The van der Waals surface area contributed by atoms with Gasteiger partial charge in [-0.1, -0.05) is 12.8 Å². The molecule has 30 heavy (non-hydrogen) atoms. The molecular weight excluding hydrogens is 499 g/mol. The summed E-state index contributed by atoms with van der Waals surface area (Å²) in [4.78, 5) is 18.8. The molecule has 0 aliphatic heterocycles. The highest BCUT2D eigenvalue weighted by Crippen LogP contribution is 2.39. The molecule has 0 unspecified atom stereocenters. The number of hydrogen-bond acceptors (Lipinski definition) is 5. The Morgan fingerprint density at radius 3 is 2.07 bits per heavy atom. The predicted octanol–water partition coefficient (Wildman–Crippen LogP) is 2.64. The Hall–Kier alpha value is -1.91. The maximum Gasteiger partial charge on any atom is 0.230 e. The second-order valence-electron chi connectivity index (χ2n) is 7.48. The monoisotopic (exact) mass is 534 g/mol. The van der Waals surface area contributed by atoms with E-state index in [1.807, 2.05) is 26.2 Å². The summed E-state index contributed by atoms with van der Waals surface area (Å²) < 4.78 is 16.3. The van der Waals surface area contributed by atoms with Gasteiger partial charge < -0.3 is 29.7 Å². The molecule has 1 amide bonds. The molecule has 0 aromatic heterocycles. The van der Waals surface area contributed by atoms with Crippen LogP contribution in [0.3, 0.4) is 0 Å². The van der Waals surface area contributed by atoms with Gasteiger partial charge >= 0.3 is 0 Å². The lowest BCUT2D eigenvalue weighted by Gasteiger charge is -2.31. The third-order valence-electron chi connectivity index (χ3n) is 5.49. The Labute approximate surface area is 196 Å². The van der Waals surface area contributed by atoms with E-state index in [2.05, 4.69) is 15.6 Å². The molecule has 1 aliphatic carbocycles. The van der Waals surface area contributed by atoms with Crippen LogP contribution in [0, 0.1) is 5.41 Å². The van der Waals surface area contributed by atoms with Gasteiger partial charge in [0.15, 0.2) is 5.96 Å². The van der Waals surface area contributed by atoms with Crippen LogP contribution in [-0.4, -0.2) is 65.8 Å². The van der Waals surface area contributed by atoms with E-state index in [0.29, 0.717) is 36.3 Å². The summed E-state index contributed by atoms with van der Waals surface area (Å²) in [5.74, 6) is 2.80. The fourth-order valence-corrected chi connectivity index (χ4v) is 3.89. The van der Waals surface area contributed by atoms with Gasteiger partial charge in [0, 0.05) is 39.8 Å². The van der Waals surface area contributed by atoms with Crippen LogP contribution in [0.15, 0.2) is 17.1 Å². The number of hydrogen-bond donors (Lipinski definition) is 2. The van der Waals surface area contributed by atoms with Crippen LogP contribution in [0.4, 0.5) is 0 Å². The molecule has 0 heterocycles. The second kappa shape index (κ2) is 12.1. The zero-order valence-electron chi connectivity index (χ0n) is 18.8. The molecule has 2 rings (SSSR count). The first kappa shape index (κ1) is 26.1. The number of carbonyl (C=O) groups excluding carboxylic acids is 1. The molecule has 0 bridgehead atoms. The lowest BCUT2D eigenvalue weighted by molar-refractivity contribution is -0.138. The van der Waals surface area contributed by atoms with Crippen LogP contribution in [-0.2, 0) is 11.3 Å². The number of nitrogens with one attached hydrogen (secondary N) is 2. The summed E-state index contributed by atoms with van der Waals surface area (Å²) in [7, 11) is 10.2. The predicted molar refractivity (Wildman–Crippen MR) is 129 cm³/mol. The van der Waals surface area contributed by atoms with E-state index in [1.54, 1.807) is 33.3 Å². The van der Waals surface area contributed by atoms with Crippen molar-refractivity contribution in [3.05, 3.63) is 17.7 Å². The van der Waals surface area contributed by atoms with Gasteiger partial charge in [0.2, 0.25) is 5.91 Å². The summed E-state index contributed by atoms with van der Waals surface area (Å²) in [6.45, 7) is 1.01. The van der Waals surface area contributed by atoms with Gasteiger partial charge in [0.1, 0.15) is 17.2 Å². The van der Waals surface area contributed by atoms with Crippen molar-refractivity contribution in [2.75, 3.05) is 49.0 Å². The van der Waals surface area contributed by atoms with Crippen molar-refractivity contribution in [3.8, 4) is 17.2 Å². The number of nitrogens with zero attached hydrogens (tertiary/aromatic N) is 2. The van der Waals surface area contributed by atoms with Crippen molar-refractivity contribution in [3.63, 3.8) is 0 Å². The minimum Gasteiger partial charge on any atom is -0.496 e. The van der Waals surface area contributed by atoms with Gasteiger partial charge in [-0.25, -0.2) is 0 Å². The van der Waals surface area contributed by atoms with E-state index in [1.165, 1.54) is 0 Å². The zero-order valence-corrected chi connectivity index (χ0v) is 21.2. The van der Waals surface area contributed by atoms with Crippen molar-refractivity contribution in [2.45, 2.75) is 32.2 Å². The number of carbonyl (C=O) groups is 1. The number of ether oxygens (including phenoxy) is 3. The van der Waals surface area contributed by atoms with Crippen molar-refractivity contribution in [2.24, 2.45) is 10.4 Å². The molecule has 1 aliphatic rings. The lowest BCUT2D eigenvalue weighted by atomic mass is 9.84. The highest BCUT2D eigenvalue weighted by Gasteiger charge is 2.42. The topological polar surface area (TPSA) is 84.4 Å². The van der Waals surface area contributed by atoms with Crippen molar-refractivity contribution >= 4 is 35.8 Å². The highest BCUT2D eigenvalue weighted by atomic mass is 127. The minimum absolute atomic E-state index is 0.